The van der Waals surface area contributed by atoms with E-state index in [0.29, 0.717) is 4.77 Å². The van der Waals surface area contributed by atoms with Crippen LogP contribution >= 0.6 is 12.2 Å². The molecule has 0 saturated carbocycles. The van der Waals surface area contributed by atoms with Crippen LogP contribution in [0.4, 0.5) is 0 Å². The van der Waals surface area contributed by atoms with E-state index in [9.17, 15) is 5.11 Å². The number of phenolic OH excluding ortho intramolecular Hbond substituents is 1. The highest BCUT2D eigenvalue weighted by molar-refractivity contribution is 7.71. The molecule has 1 aromatic heterocycles. The van der Waals surface area contributed by atoms with Gasteiger partial charge in [-0.1, -0.05) is 13.3 Å². The van der Waals surface area contributed by atoms with Gasteiger partial charge in [0.05, 0.1) is 6.21 Å². The first kappa shape index (κ1) is 13.5. The molecule has 100 valence electrons. The SMILES string of the molecule is CCCCc1n[nH]c(=S)n1/N=C/c1ccc(O)cc1. The smallest absolute Gasteiger partial charge is 0.216 e. The predicted octanol–water partition coefficient (Wildman–Crippen LogP) is 2.87. The van der Waals surface area contributed by atoms with Crippen LogP contribution in [-0.2, 0) is 6.42 Å². The van der Waals surface area contributed by atoms with E-state index in [1.807, 2.05) is 0 Å². The second-order valence-corrected chi connectivity index (χ2v) is 4.58. The summed E-state index contributed by atoms with van der Waals surface area (Å²) in [5.74, 6) is 1.07. The van der Waals surface area contributed by atoms with Crippen LogP contribution < -0.4 is 0 Å². The average molecular weight is 276 g/mol. The van der Waals surface area contributed by atoms with Gasteiger partial charge >= 0.3 is 0 Å². The van der Waals surface area contributed by atoms with Crippen LogP contribution in [0.25, 0.3) is 0 Å². The van der Waals surface area contributed by atoms with Gasteiger partial charge in [-0.15, -0.1) is 0 Å². The second kappa shape index (κ2) is 6.29. The third-order valence-corrected chi connectivity index (χ3v) is 2.95. The Morgan fingerprint density at radius 2 is 2.16 bits per heavy atom. The van der Waals surface area contributed by atoms with E-state index in [2.05, 4.69) is 22.2 Å². The number of unbranched alkanes of at least 4 members (excludes halogenated alkanes) is 1. The number of H-pyrrole nitrogens is 1. The first-order valence-electron chi connectivity index (χ1n) is 6.20. The van der Waals surface area contributed by atoms with Crippen molar-refractivity contribution in [3.63, 3.8) is 0 Å². The molecule has 2 aromatic rings. The van der Waals surface area contributed by atoms with E-state index in [0.717, 1.165) is 30.7 Å². The maximum absolute atomic E-state index is 9.21. The van der Waals surface area contributed by atoms with E-state index in [4.69, 9.17) is 12.2 Å². The zero-order valence-corrected chi connectivity index (χ0v) is 11.5. The fraction of sp³-hybridized carbons (Fsp3) is 0.308. The van der Waals surface area contributed by atoms with Gasteiger partial charge in [-0.05, 0) is 48.5 Å². The third kappa shape index (κ3) is 3.51. The van der Waals surface area contributed by atoms with Crippen molar-refractivity contribution >= 4 is 18.4 Å². The van der Waals surface area contributed by atoms with Gasteiger partial charge in [0.2, 0.25) is 4.77 Å². The number of aromatic amines is 1. The normalized spacial score (nSPS) is 11.2. The molecule has 0 aliphatic rings. The molecule has 19 heavy (non-hydrogen) atoms. The molecule has 0 amide bonds. The largest absolute Gasteiger partial charge is 0.508 e. The Kier molecular flexibility index (Phi) is 4.46. The molecule has 0 radical (unpaired) electrons. The Balaban J connectivity index is 2.20. The summed E-state index contributed by atoms with van der Waals surface area (Å²) in [5, 5.41) is 20.5. The molecule has 0 atom stereocenters. The number of hydrogen-bond acceptors (Lipinski definition) is 4. The molecule has 0 spiro atoms. The first-order chi connectivity index (χ1) is 9.20. The summed E-state index contributed by atoms with van der Waals surface area (Å²) in [6.07, 6.45) is 4.69. The Bertz CT molecular complexity index is 612. The van der Waals surface area contributed by atoms with Gasteiger partial charge in [-0.25, -0.2) is 0 Å². The molecule has 0 fully saturated rings. The molecule has 6 heteroatoms. The van der Waals surface area contributed by atoms with Crippen LogP contribution in [0.5, 0.6) is 5.75 Å². The maximum Gasteiger partial charge on any atom is 0.216 e. The molecular weight excluding hydrogens is 260 g/mol. The molecule has 5 nitrogen and oxygen atoms in total. The van der Waals surface area contributed by atoms with E-state index >= 15 is 0 Å². The van der Waals surface area contributed by atoms with Crippen molar-refractivity contribution in [2.45, 2.75) is 26.2 Å². The maximum atomic E-state index is 9.21. The van der Waals surface area contributed by atoms with Crippen molar-refractivity contribution in [1.82, 2.24) is 14.9 Å². The number of aromatic nitrogens is 3. The van der Waals surface area contributed by atoms with E-state index in [-0.39, 0.29) is 5.75 Å². The third-order valence-electron chi connectivity index (χ3n) is 2.69. The summed E-state index contributed by atoms with van der Waals surface area (Å²) in [7, 11) is 0. The van der Waals surface area contributed by atoms with Gasteiger partial charge in [0.15, 0.2) is 5.82 Å². The number of nitrogens with zero attached hydrogens (tertiary/aromatic N) is 3. The number of phenols is 1. The lowest BCUT2D eigenvalue weighted by Gasteiger charge is -1.99. The Hall–Kier alpha value is -1.95. The average Bonchev–Trinajstić information content (AvgIpc) is 2.76. The van der Waals surface area contributed by atoms with Crippen LogP contribution in [-0.4, -0.2) is 26.2 Å². The van der Waals surface area contributed by atoms with E-state index in [1.165, 1.54) is 0 Å². The molecule has 0 aliphatic carbocycles. The molecule has 0 aliphatic heterocycles. The number of hydrogen-bond donors (Lipinski definition) is 2. The highest BCUT2D eigenvalue weighted by atomic mass is 32.1. The van der Waals surface area contributed by atoms with Crippen LogP contribution in [0.15, 0.2) is 29.4 Å². The highest BCUT2D eigenvalue weighted by Crippen LogP contribution is 2.08. The summed E-state index contributed by atoms with van der Waals surface area (Å²) in [5.41, 5.74) is 0.891. The van der Waals surface area contributed by atoms with Gasteiger partial charge in [0, 0.05) is 6.42 Å². The Labute approximate surface area is 116 Å². The lowest BCUT2D eigenvalue weighted by molar-refractivity contribution is 0.475. The van der Waals surface area contributed by atoms with Gasteiger partial charge in [-0.2, -0.15) is 14.9 Å². The lowest BCUT2D eigenvalue weighted by Crippen LogP contribution is -1.99. The van der Waals surface area contributed by atoms with Crippen molar-refractivity contribution in [3.8, 4) is 5.75 Å². The van der Waals surface area contributed by atoms with Crippen molar-refractivity contribution in [1.29, 1.82) is 0 Å². The molecule has 0 unspecified atom stereocenters. The molecular formula is C13H16N4OS. The van der Waals surface area contributed by atoms with Crippen molar-refractivity contribution in [2.75, 3.05) is 0 Å². The summed E-state index contributed by atoms with van der Waals surface area (Å²) in [6.45, 7) is 2.13. The Morgan fingerprint density at radius 1 is 1.42 bits per heavy atom. The zero-order chi connectivity index (χ0) is 13.7. The number of aryl methyl sites for hydroxylation is 1. The highest BCUT2D eigenvalue weighted by Gasteiger charge is 2.03. The van der Waals surface area contributed by atoms with E-state index < -0.39 is 0 Å². The summed E-state index contributed by atoms with van der Waals surface area (Å²) < 4.78 is 2.12. The molecule has 0 bridgehead atoms. The summed E-state index contributed by atoms with van der Waals surface area (Å²) in [4.78, 5) is 0. The van der Waals surface area contributed by atoms with Crippen LogP contribution in [0, 0.1) is 4.77 Å². The quantitative estimate of drug-likeness (QED) is 0.652. The first-order valence-corrected chi connectivity index (χ1v) is 6.61. The van der Waals surface area contributed by atoms with Crippen molar-refractivity contribution in [2.24, 2.45) is 5.10 Å². The van der Waals surface area contributed by atoms with Crippen LogP contribution in [0.3, 0.4) is 0 Å². The van der Waals surface area contributed by atoms with Gasteiger partial charge < -0.3 is 5.11 Å². The number of aromatic hydroxyl groups is 1. The van der Waals surface area contributed by atoms with Crippen LogP contribution in [0.1, 0.15) is 31.2 Å². The Morgan fingerprint density at radius 3 is 2.84 bits per heavy atom. The molecule has 0 saturated heterocycles. The molecule has 1 aromatic carbocycles. The minimum absolute atomic E-state index is 0.237. The second-order valence-electron chi connectivity index (χ2n) is 4.20. The molecule has 2 rings (SSSR count). The predicted molar refractivity (Wildman–Crippen MR) is 77.1 cm³/mol. The van der Waals surface area contributed by atoms with Gasteiger partial charge in [0.25, 0.3) is 0 Å². The standard InChI is InChI=1S/C13H16N4OS/c1-2-3-4-12-15-16-13(19)17(12)14-9-10-5-7-11(18)8-6-10/h5-9,18H,2-4H2,1H3,(H,16,19)/b14-9+. The fourth-order valence-electron chi connectivity index (χ4n) is 1.62. The number of nitrogens with one attached hydrogen (secondary N) is 1. The monoisotopic (exact) mass is 276 g/mol. The van der Waals surface area contributed by atoms with E-state index in [1.54, 1.807) is 35.2 Å². The minimum Gasteiger partial charge on any atom is -0.508 e. The topological polar surface area (TPSA) is 66.2 Å². The van der Waals surface area contributed by atoms with Gasteiger partial charge in [0.1, 0.15) is 5.75 Å². The molecule has 1 heterocycles. The van der Waals surface area contributed by atoms with Crippen molar-refractivity contribution in [3.05, 3.63) is 40.4 Å². The fourth-order valence-corrected chi connectivity index (χ4v) is 1.82. The zero-order valence-electron chi connectivity index (χ0n) is 10.7. The summed E-state index contributed by atoms with van der Waals surface area (Å²) >= 11 is 5.15. The number of benzene rings is 1. The number of rotatable bonds is 5. The molecule has 2 N–H and O–H groups in total. The van der Waals surface area contributed by atoms with Crippen molar-refractivity contribution < 1.29 is 5.11 Å². The minimum atomic E-state index is 0.237. The van der Waals surface area contributed by atoms with Gasteiger partial charge in [-0.3, -0.25) is 5.10 Å². The lowest BCUT2D eigenvalue weighted by atomic mass is 10.2. The van der Waals surface area contributed by atoms with Crippen LogP contribution in [0.2, 0.25) is 0 Å². The summed E-state index contributed by atoms with van der Waals surface area (Å²) in [6, 6.07) is 6.81.